The van der Waals surface area contributed by atoms with Gasteiger partial charge in [-0.3, -0.25) is 4.79 Å². The monoisotopic (exact) mass is 339 g/mol. The van der Waals surface area contributed by atoms with Crippen LogP contribution < -0.4 is 5.32 Å². The van der Waals surface area contributed by atoms with Crippen molar-refractivity contribution in [3.05, 3.63) is 23.0 Å². The van der Waals surface area contributed by atoms with Crippen molar-refractivity contribution in [3.8, 4) is 0 Å². The number of halogens is 1. The van der Waals surface area contributed by atoms with E-state index in [9.17, 15) is 4.79 Å². The van der Waals surface area contributed by atoms with Gasteiger partial charge in [-0.05, 0) is 25.8 Å². The van der Waals surface area contributed by atoms with Gasteiger partial charge in [0.25, 0.3) is 0 Å². The summed E-state index contributed by atoms with van der Waals surface area (Å²) in [5, 5.41) is 3.96. The number of guanidine groups is 1. The number of rotatable bonds is 5. The Morgan fingerprint density at radius 1 is 1.43 bits per heavy atom. The fourth-order valence-electron chi connectivity index (χ4n) is 2.72. The Kier molecular flexibility index (Phi) is 6.33. The van der Waals surface area contributed by atoms with E-state index in [-0.39, 0.29) is 12.5 Å². The van der Waals surface area contributed by atoms with E-state index in [0.29, 0.717) is 6.54 Å². The number of carbonyl (C=O) groups is 1. The summed E-state index contributed by atoms with van der Waals surface area (Å²) in [7, 11) is 3.93. The van der Waals surface area contributed by atoms with Gasteiger partial charge in [0.15, 0.2) is 5.96 Å². The van der Waals surface area contributed by atoms with E-state index in [0.717, 1.165) is 49.2 Å². The van der Waals surface area contributed by atoms with Crippen molar-refractivity contribution in [3.63, 3.8) is 0 Å². The lowest BCUT2D eigenvalue weighted by molar-refractivity contribution is -0.128. The van der Waals surface area contributed by atoms with E-state index < -0.39 is 0 Å². The van der Waals surface area contributed by atoms with Gasteiger partial charge in [-0.2, -0.15) is 0 Å². The van der Waals surface area contributed by atoms with Gasteiger partial charge in [-0.25, -0.2) is 4.99 Å². The molecule has 1 fully saturated rings. The number of nitrogens with one attached hydrogen (secondary N) is 1. The van der Waals surface area contributed by atoms with Crippen LogP contribution in [0.4, 0.5) is 0 Å². The van der Waals surface area contributed by atoms with Gasteiger partial charge in [0.2, 0.25) is 5.91 Å². The highest BCUT2D eigenvalue weighted by Gasteiger charge is 2.18. The minimum atomic E-state index is 0.105. The van der Waals surface area contributed by atoms with Crippen molar-refractivity contribution < 1.29 is 4.79 Å². The summed E-state index contributed by atoms with van der Waals surface area (Å²) in [6.45, 7) is 5.37. The quantitative estimate of drug-likeness (QED) is 0.656. The molecule has 6 nitrogen and oxygen atoms in total. The molecule has 0 saturated carbocycles. The van der Waals surface area contributed by atoms with Crippen LogP contribution in [-0.2, 0) is 18.4 Å². The first-order chi connectivity index (χ1) is 11.0. The second kappa shape index (κ2) is 8.24. The lowest BCUT2D eigenvalue weighted by Gasteiger charge is -2.22. The smallest absolute Gasteiger partial charge is 0.244 e. The zero-order valence-electron chi connectivity index (χ0n) is 14.2. The van der Waals surface area contributed by atoms with E-state index in [4.69, 9.17) is 11.6 Å². The van der Waals surface area contributed by atoms with Crippen LogP contribution in [0, 0.1) is 0 Å². The maximum Gasteiger partial charge on any atom is 0.244 e. The van der Waals surface area contributed by atoms with Gasteiger partial charge in [0.1, 0.15) is 6.54 Å². The first-order valence-corrected chi connectivity index (χ1v) is 8.47. The summed E-state index contributed by atoms with van der Waals surface area (Å²) in [5.41, 5.74) is 1.09. The van der Waals surface area contributed by atoms with Crippen LogP contribution in [-0.4, -0.2) is 59.5 Å². The predicted octanol–water partition coefficient (Wildman–Crippen LogP) is 1.70. The molecule has 0 aliphatic carbocycles. The molecule has 1 saturated heterocycles. The van der Waals surface area contributed by atoms with Gasteiger partial charge in [0.05, 0.1) is 11.6 Å². The van der Waals surface area contributed by atoms with Gasteiger partial charge < -0.3 is 19.7 Å². The molecule has 1 aliphatic rings. The van der Waals surface area contributed by atoms with Crippen molar-refractivity contribution in [2.24, 2.45) is 12.0 Å². The lowest BCUT2D eigenvalue weighted by atomic mass is 10.4. The Labute approximate surface area is 143 Å². The molecule has 0 aromatic carbocycles. The summed E-state index contributed by atoms with van der Waals surface area (Å²) in [5.74, 6) is 0.839. The number of likely N-dealkylation sites (tertiary alicyclic amines) is 1. The molecular weight excluding hydrogens is 314 g/mol. The molecule has 2 heterocycles. The lowest BCUT2D eigenvalue weighted by Crippen LogP contribution is -2.40. The van der Waals surface area contributed by atoms with Crippen LogP contribution in [0.2, 0.25) is 5.02 Å². The van der Waals surface area contributed by atoms with Crippen molar-refractivity contribution in [2.75, 3.05) is 33.2 Å². The number of amides is 1. The highest BCUT2D eigenvalue weighted by molar-refractivity contribution is 6.30. The van der Waals surface area contributed by atoms with Gasteiger partial charge in [-0.15, -0.1) is 0 Å². The molecule has 2 rings (SSSR count). The van der Waals surface area contributed by atoms with Crippen LogP contribution in [0.15, 0.2) is 17.3 Å². The summed E-state index contributed by atoms with van der Waals surface area (Å²) < 4.78 is 2.00. The van der Waals surface area contributed by atoms with Crippen LogP contribution in [0.1, 0.15) is 25.5 Å². The van der Waals surface area contributed by atoms with E-state index >= 15 is 0 Å². The van der Waals surface area contributed by atoms with E-state index in [2.05, 4.69) is 10.3 Å². The minimum Gasteiger partial charge on any atom is -0.357 e. The fraction of sp³-hybridized carbons (Fsp3) is 0.625. The van der Waals surface area contributed by atoms with Crippen LogP contribution in [0.25, 0.3) is 0 Å². The molecule has 23 heavy (non-hydrogen) atoms. The van der Waals surface area contributed by atoms with Crippen molar-refractivity contribution >= 4 is 23.5 Å². The zero-order valence-corrected chi connectivity index (χ0v) is 14.9. The van der Waals surface area contributed by atoms with Crippen LogP contribution >= 0.6 is 11.6 Å². The molecule has 7 heteroatoms. The molecule has 128 valence electrons. The SMILES string of the molecule is CCNC(=NCC(=O)N1CCCC1)N(C)Cc1cc(Cl)cn1C. The molecule has 1 amide bonds. The molecule has 0 atom stereocenters. The highest BCUT2D eigenvalue weighted by Crippen LogP contribution is 2.14. The summed E-state index contributed by atoms with van der Waals surface area (Å²) in [6.07, 6.45) is 4.08. The van der Waals surface area contributed by atoms with Crippen molar-refractivity contribution in [2.45, 2.75) is 26.3 Å². The third kappa shape index (κ3) is 4.89. The first kappa shape index (κ1) is 17.7. The molecule has 1 N–H and O–H groups in total. The van der Waals surface area contributed by atoms with Crippen LogP contribution in [0.5, 0.6) is 0 Å². The van der Waals surface area contributed by atoms with Crippen LogP contribution in [0.3, 0.4) is 0 Å². The second-order valence-corrected chi connectivity index (χ2v) is 6.31. The predicted molar refractivity (Wildman–Crippen MR) is 93.7 cm³/mol. The third-order valence-electron chi connectivity index (χ3n) is 3.99. The molecule has 1 aromatic rings. The summed E-state index contributed by atoms with van der Waals surface area (Å²) in [6, 6.07) is 1.94. The number of carbonyl (C=O) groups excluding carboxylic acids is 1. The van der Waals surface area contributed by atoms with E-state index in [1.807, 2.05) is 47.6 Å². The molecule has 0 unspecified atom stereocenters. The molecule has 1 aliphatic heterocycles. The molecule has 0 radical (unpaired) electrons. The molecule has 0 spiro atoms. The van der Waals surface area contributed by atoms with Crippen molar-refractivity contribution in [1.29, 1.82) is 0 Å². The number of aliphatic imine (C=N–C) groups is 1. The second-order valence-electron chi connectivity index (χ2n) is 5.87. The van der Waals surface area contributed by atoms with E-state index in [1.54, 1.807) is 0 Å². The van der Waals surface area contributed by atoms with E-state index in [1.165, 1.54) is 0 Å². The maximum atomic E-state index is 12.1. The number of hydrogen-bond donors (Lipinski definition) is 1. The molecule has 1 aromatic heterocycles. The minimum absolute atomic E-state index is 0.105. The number of aryl methyl sites for hydroxylation is 1. The third-order valence-corrected chi connectivity index (χ3v) is 4.20. The van der Waals surface area contributed by atoms with Gasteiger partial charge in [-0.1, -0.05) is 11.6 Å². The Hall–Kier alpha value is -1.69. The number of aromatic nitrogens is 1. The normalized spacial score (nSPS) is 15.1. The van der Waals surface area contributed by atoms with Gasteiger partial charge in [0, 0.05) is 45.6 Å². The Morgan fingerprint density at radius 3 is 2.70 bits per heavy atom. The first-order valence-electron chi connectivity index (χ1n) is 8.09. The topological polar surface area (TPSA) is 52.9 Å². The standard InChI is InChI=1S/C16H26ClN5O/c1-4-18-16(19-10-15(23)22-7-5-6-8-22)21(3)12-14-9-13(17)11-20(14)2/h9,11H,4-8,10,12H2,1-3H3,(H,18,19). The number of hydrogen-bond acceptors (Lipinski definition) is 2. The zero-order chi connectivity index (χ0) is 16.8. The number of nitrogens with zero attached hydrogens (tertiary/aromatic N) is 4. The summed E-state index contributed by atoms with van der Waals surface area (Å²) in [4.78, 5) is 20.5. The molecule has 0 bridgehead atoms. The van der Waals surface area contributed by atoms with Gasteiger partial charge >= 0.3 is 0 Å². The average Bonchev–Trinajstić information content (AvgIpc) is 3.13. The Bertz CT molecular complexity index is 563. The van der Waals surface area contributed by atoms with Crippen molar-refractivity contribution in [1.82, 2.24) is 19.7 Å². The largest absolute Gasteiger partial charge is 0.357 e. The fourth-order valence-corrected chi connectivity index (χ4v) is 2.99. The Morgan fingerprint density at radius 2 is 2.13 bits per heavy atom. The highest BCUT2D eigenvalue weighted by atomic mass is 35.5. The summed E-state index contributed by atoms with van der Waals surface area (Å²) >= 11 is 6.03. The molecular formula is C16H26ClN5O. The maximum absolute atomic E-state index is 12.1. The average molecular weight is 340 g/mol. The Balaban J connectivity index is 1.99.